The molecule has 0 bridgehead atoms. The summed E-state index contributed by atoms with van der Waals surface area (Å²) in [7, 11) is 0. The molecule has 25 heavy (non-hydrogen) atoms. The monoisotopic (exact) mass is 338 g/mol. The van der Waals surface area contributed by atoms with Crippen LogP contribution in [0.2, 0.25) is 0 Å². The first-order chi connectivity index (χ1) is 12.1. The summed E-state index contributed by atoms with van der Waals surface area (Å²) in [6.07, 6.45) is 1.52. The zero-order valence-electron chi connectivity index (χ0n) is 14.7. The SMILES string of the molecule is CCN(CC)C(=O)C1=NC(c2cccc(-c3ccccc3F)c2)CC1. The van der Waals surface area contributed by atoms with Gasteiger partial charge in [0.2, 0.25) is 0 Å². The van der Waals surface area contributed by atoms with Gasteiger partial charge in [0.05, 0.1) is 6.04 Å². The van der Waals surface area contributed by atoms with Gasteiger partial charge >= 0.3 is 0 Å². The molecule has 0 aliphatic carbocycles. The van der Waals surface area contributed by atoms with Gasteiger partial charge < -0.3 is 4.90 Å². The first kappa shape index (κ1) is 17.3. The van der Waals surface area contributed by atoms with Crippen molar-refractivity contribution in [2.24, 2.45) is 4.99 Å². The van der Waals surface area contributed by atoms with Gasteiger partial charge in [-0.2, -0.15) is 0 Å². The number of carbonyl (C=O) groups is 1. The molecule has 1 aliphatic heterocycles. The van der Waals surface area contributed by atoms with Crippen LogP contribution in [-0.2, 0) is 4.79 Å². The number of benzene rings is 2. The molecule has 130 valence electrons. The van der Waals surface area contributed by atoms with E-state index in [1.54, 1.807) is 17.0 Å². The Bertz CT molecular complexity index is 796. The van der Waals surface area contributed by atoms with Crippen LogP contribution in [0.5, 0.6) is 0 Å². The number of nitrogens with zero attached hydrogens (tertiary/aromatic N) is 2. The van der Waals surface area contributed by atoms with Crippen molar-refractivity contribution in [3.05, 3.63) is 59.9 Å². The Morgan fingerprint density at radius 2 is 1.92 bits per heavy atom. The standard InChI is InChI=1S/C21H23FN2O/c1-3-24(4-2)21(25)20-13-12-19(23-20)16-9-7-8-15(14-16)17-10-5-6-11-18(17)22/h5-11,14,19H,3-4,12-13H2,1-2H3. The molecule has 3 nitrogen and oxygen atoms in total. The molecule has 3 rings (SSSR count). The van der Waals surface area contributed by atoms with Crippen molar-refractivity contribution in [2.45, 2.75) is 32.7 Å². The molecular formula is C21H23FN2O. The number of halogens is 1. The third-order valence-corrected chi connectivity index (χ3v) is 4.72. The average molecular weight is 338 g/mol. The van der Waals surface area contributed by atoms with E-state index in [2.05, 4.69) is 4.99 Å². The molecule has 2 aromatic carbocycles. The lowest BCUT2D eigenvalue weighted by Crippen LogP contribution is -2.35. The molecule has 0 aromatic heterocycles. The normalized spacial score (nSPS) is 16.6. The maximum absolute atomic E-state index is 14.0. The van der Waals surface area contributed by atoms with Crippen LogP contribution < -0.4 is 0 Å². The molecule has 4 heteroatoms. The summed E-state index contributed by atoms with van der Waals surface area (Å²) >= 11 is 0. The van der Waals surface area contributed by atoms with E-state index in [1.165, 1.54) is 6.07 Å². The Morgan fingerprint density at radius 3 is 2.64 bits per heavy atom. The van der Waals surface area contributed by atoms with Crippen molar-refractivity contribution in [3.8, 4) is 11.1 Å². The van der Waals surface area contributed by atoms with Crippen LogP contribution in [0.25, 0.3) is 11.1 Å². The Kier molecular flexibility index (Phi) is 5.27. The van der Waals surface area contributed by atoms with Crippen molar-refractivity contribution in [2.75, 3.05) is 13.1 Å². The molecule has 1 aliphatic rings. The molecule has 0 N–H and O–H groups in total. The lowest BCUT2D eigenvalue weighted by atomic mass is 9.98. The zero-order valence-corrected chi connectivity index (χ0v) is 14.7. The third kappa shape index (κ3) is 3.63. The van der Waals surface area contributed by atoms with Crippen molar-refractivity contribution >= 4 is 11.6 Å². The minimum absolute atomic E-state index is 0.0266. The summed E-state index contributed by atoms with van der Waals surface area (Å²) in [6.45, 7) is 5.35. The second-order valence-electron chi connectivity index (χ2n) is 6.21. The highest BCUT2D eigenvalue weighted by atomic mass is 19.1. The highest BCUT2D eigenvalue weighted by Crippen LogP contribution is 2.32. The summed E-state index contributed by atoms with van der Waals surface area (Å²) < 4.78 is 14.0. The smallest absolute Gasteiger partial charge is 0.267 e. The summed E-state index contributed by atoms with van der Waals surface area (Å²) in [5.41, 5.74) is 3.12. The zero-order chi connectivity index (χ0) is 17.8. The van der Waals surface area contributed by atoms with Gasteiger partial charge in [-0.25, -0.2) is 4.39 Å². The molecule has 2 aromatic rings. The minimum Gasteiger partial charge on any atom is -0.338 e. The number of carbonyl (C=O) groups excluding carboxylic acids is 1. The van der Waals surface area contributed by atoms with Gasteiger partial charge in [0.1, 0.15) is 11.5 Å². The second-order valence-corrected chi connectivity index (χ2v) is 6.21. The first-order valence-electron chi connectivity index (χ1n) is 8.84. The predicted molar refractivity (Wildman–Crippen MR) is 99.2 cm³/mol. The van der Waals surface area contributed by atoms with E-state index in [-0.39, 0.29) is 17.8 Å². The van der Waals surface area contributed by atoms with E-state index in [9.17, 15) is 9.18 Å². The number of hydrogen-bond acceptors (Lipinski definition) is 2. The fourth-order valence-corrected chi connectivity index (χ4v) is 3.30. The van der Waals surface area contributed by atoms with Gasteiger partial charge in [0.25, 0.3) is 5.91 Å². The van der Waals surface area contributed by atoms with E-state index in [0.29, 0.717) is 30.8 Å². The van der Waals surface area contributed by atoms with Crippen LogP contribution in [0.1, 0.15) is 38.3 Å². The highest BCUT2D eigenvalue weighted by Gasteiger charge is 2.26. The number of aliphatic imine (C=N–C) groups is 1. The highest BCUT2D eigenvalue weighted by molar-refractivity contribution is 6.39. The molecule has 1 amide bonds. The molecule has 0 saturated heterocycles. The topological polar surface area (TPSA) is 32.7 Å². The lowest BCUT2D eigenvalue weighted by molar-refractivity contribution is -0.123. The summed E-state index contributed by atoms with van der Waals surface area (Å²) in [5.74, 6) is -0.190. The van der Waals surface area contributed by atoms with Crippen molar-refractivity contribution in [1.29, 1.82) is 0 Å². The van der Waals surface area contributed by atoms with Crippen molar-refractivity contribution in [3.63, 3.8) is 0 Å². The maximum Gasteiger partial charge on any atom is 0.267 e. The molecule has 0 radical (unpaired) electrons. The second kappa shape index (κ2) is 7.60. The van der Waals surface area contributed by atoms with E-state index < -0.39 is 0 Å². The van der Waals surface area contributed by atoms with Gasteiger partial charge in [0, 0.05) is 18.7 Å². The quantitative estimate of drug-likeness (QED) is 0.782. The van der Waals surface area contributed by atoms with Crippen LogP contribution in [0, 0.1) is 5.82 Å². The van der Waals surface area contributed by atoms with Crippen LogP contribution in [-0.4, -0.2) is 29.6 Å². The molecule has 1 unspecified atom stereocenters. The fraction of sp³-hybridized carbons (Fsp3) is 0.333. The molecule has 0 spiro atoms. The number of amides is 1. The van der Waals surface area contributed by atoms with Crippen molar-refractivity contribution in [1.82, 2.24) is 4.90 Å². The summed E-state index contributed by atoms with van der Waals surface area (Å²) in [6, 6.07) is 14.6. The van der Waals surface area contributed by atoms with Crippen LogP contribution in [0.15, 0.2) is 53.5 Å². The van der Waals surface area contributed by atoms with Gasteiger partial charge in [-0.3, -0.25) is 9.79 Å². The Labute approximate surface area is 148 Å². The van der Waals surface area contributed by atoms with E-state index >= 15 is 0 Å². The molecule has 1 heterocycles. The van der Waals surface area contributed by atoms with Gasteiger partial charge in [0.15, 0.2) is 0 Å². The van der Waals surface area contributed by atoms with E-state index in [1.807, 2.05) is 44.2 Å². The maximum atomic E-state index is 14.0. The average Bonchev–Trinajstić information content (AvgIpc) is 3.13. The lowest BCUT2D eigenvalue weighted by Gasteiger charge is -2.18. The minimum atomic E-state index is -0.230. The Morgan fingerprint density at radius 1 is 1.16 bits per heavy atom. The Balaban J connectivity index is 1.85. The summed E-state index contributed by atoms with van der Waals surface area (Å²) in [5, 5.41) is 0. The fourth-order valence-electron chi connectivity index (χ4n) is 3.30. The number of rotatable bonds is 5. The van der Waals surface area contributed by atoms with Crippen LogP contribution >= 0.6 is 0 Å². The third-order valence-electron chi connectivity index (χ3n) is 4.72. The van der Waals surface area contributed by atoms with Crippen LogP contribution in [0.3, 0.4) is 0 Å². The Hall–Kier alpha value is -2.49. The predicted octanol–water partition coefficient (Wildman–Crippen LogP) is 4.64. The van der Waals surface area contributed by atoms with E-state index in [0.717, 1.165) is 17.5 Å². The van der Waals surface area contributed by atoms with Crippen LogP contribution in [0.4, 0.5) is 4.39 Å². The van der Waals surface area contributed by atoms with Gasteiger partial charge in [-0.15, -0.1) is 0 Å². The molecule has 1 atom stereocenters. The molecular weight excluding hydrogens is 315 g/mol. The molecule has 0 saturated carbocycles. The largest absolute Gasteiger partial charge is 0.338 e. The van der Waals surface area contributed by atoms with E-state index in [4.69, 9.17) is 0 Å². The summed E-state index contributed by atoms with van der Waals surface area (Å²) in [4.78, 5) is 18.9. The first-order valence-corrected chi connectivity index (χ1v) is 8.84. The van der Waals surface area contributed by atoms with Crippen molar-refractivity contribution < 1.29 is 9.18 Å². The van der Waals surface area contributed by atoms with Gasteiger partial charge in [-0.05, 0) is 49.9 Å². The number of hydrogen-bond donors (Lipinski definition) is 0. The molecule has 0 fully saturated rings. The van der Waals surface area contributed by atoms with Gasteiger partial charge in [-0.1, -0.05) is 36.4 Å².